The second-order valence-electron chi connectivity index (χ2n) is 7.30. The Hall–Kier alpha value is -3.52. The molecule has 0 spiro atoms. The monoisotopic (exact) mass is 441 g/mol. The van der Waals surface area contributed by atoms with Gasteiger partial charge < -0.3 is 29.0 Å². The molecule has 0 radical (unpaired) electrons. The molecule has 1 fully saturated rings. The first-order chi connectivity index (χ1) is 15.4. The minimum Gasteiger partial charge on any atom is -0.507 e. The van der Waals surface area contributed by atoms with Crippen molar-refractivity contribution < 1.29 is 33.6 Å². The molecular formula is C24H27NO7. The Bertz CT molecular complexity index is 1060. The van der Waals surface area contributed by atoms with Gasteiger partial charge in [-0.15, -0.1) is 0 Å². The highest BCUT2D eigenvalue weighted by atomic mass is 16.5. The lowest BCUT2D eigenvalue weighted by atomic mass is 9.94. The number of benzene rings is 2. The SMILES string of the molecule is COCCN1C(=O)C(=O)/C(=C(/O)c2cc(C)ccc2OC)C1c1ccc(OC)c(OC)c1. The Morgan fingerprint density at radius 2 is 1.59 bits per heavy atom. The number of carbonyl (C=O) groups is 2. The minimum atomic E-state index is -0.838. The summed E-state index contributed by atoms with van der Waals surface area (Å²) < 4.78 is 21.2. The van der Waals surface area contributed by atoms with Gasteiger partial charge >= 0.3 is 0 Å². The summed E-state index contributed by atoms with van der Waals surface area (Å²) in [7, 11) is 6.01. The van der Waals surface area contributed by atoms with Gasteiger partial charge in [-0.05, 0) is 36.8 Å². The zero-order chi connectivity index (χ0) is 23.4. The minimum absolute atomic E-state index is 0.0257. The van der Waals surface area contributed by atoms with Crippen molar-refractivity contribution in [1.82, 2.24) is 4.90 Å². The van der Waals surface area contributed by atoms with Gasteiger partial charge in [0.2, 0.25) is 0 Å². The predicted octanol–water partition coefficient (Wildman–Crippen LogP) is 3.09. The fourth-order valence-corrected chi connectivity index (χ4v) is 3.82. The van der Waals surface area contributed by atoms with Crippen LogP contribution in [0.4, 0.5) is 0 Å². The number of carbonyl (C=O) groups excluding carboxylic acids is 2. The van der Waals surface area contributed by atoms with E-state index in [1.807, 2.05) is 13.0 Å². The van der Waals surface area contributed by atoms with Gasteiger partial charge in [-0.25, -0.2) is 0 Å². The van der Waals surface area contributed by atoms with Gasteiger partial charge in [0, 0.05) is 13.7 Å². The third-order valence-corrected chi connectivity index (χ3v) is 5.41. The van der Waals surface area contributed by atoms with Crippen molar-refractivity contribution in [2.24, 2.45) is 0 Å². The molecule has 32 heavy (non-hydrogen) atoms. The van der Waals surface area contributed by atoms with Crippen molar-refractivity contribution >= 4 is 17.4 Å². The van der Waals surface area contributed by atoms with Gasteiger partial charge in [0.05, 0.1) is 45.1 Å². The fraction of sp³-hybridized carbons (Fsp3) is 0.333. The maximum atomic E-state index is 13.1. The molecule has 1 unspecified atom stereocenters. The fourth-order valence-electron chi connectivity index (χ4n) is 3.82. The molecule has 1 aliphatic heterocycles. The summed E-state index contributed by atoms with van der Waals surface area (Å²) >= 11 is 0. The van der Waals surface area contributed by atoms with E-state index < -0.39 is 17.7 Å². The third kappa shape index (κ3) is 4.13. The van der Waals surface area contributed by atoms with Gasteiger partial charge in [0.1, 0.15) is 11.5 Å². The van der Waals surface area contributed by atoms with Crippen LogP contribution < -0.4 is 14.2 Å². The molecule has 1 N–H and O–H groups in total. The molecule has 0 aromatic heterocycles. The molecule has 0 saturated carbocycles. The predicted molar refractivity (Wildman–Crippen MR) is 118 cm³/mol. The number of Topliss-reactive ketones (excluding diaryl/α,β-unsaturated/α-hetero) is 1. The van der Waals surface area contributed by atoms with Crippen LogP contribution in [0.5, 0.6) is 17.2 Å². The largest absolute Gasteiger partial charge is 0.507 e. The lowest BCUT2D eigenvalue weighted by Crippen LogP contribution is -2.32. The number of ether oxygens (including phenoxy) is 4. The van der Waals surface area contributed by atoms with E-state index in [1.165, 1.54) is 33.3 Å². The first kappa shape index (κ1) is 23.1. The van der Waals surface area contributed by atoms with Crippen LogP contribution in [0.15, 0.2) is 42.0 Å². The smallest absolute Gasteiger partial charge is 0.295 e. The standard InChI is InChI=1S/C24H27NO7/c1-14-6-8-17(30-3)16(12-14)22(26)20-21(25(10-11-29-2)24(28)23(20)27)15-7-9-18(31-4)19(13-15)32-5/h6-9,12-13,21,26H,10-11H2,1-5H3/b22-20+. The van der Waals surface area contributed by atoms with E-state index in [-0.39, 0.29) is 24.5 Å². The number of rotatable bonds is 8. The molecule has 0 aliphatic carbocycles. The summed E-state index contributed by atoms with van der Waals surface area (Å²) in [4.78, 5) is 27.4. The van der Waals surface area contributed by atoms with Gasteiger partial charge in [-0.1, -0.05) is 17.7 Å². The van der Waals surface area contributed by atoms with Crippen LogP contribution in [0.1, 0.15) is 22.7 Å². The number of hydrogen-bond donors (Lipinski definition) is 1. The number of ketones is 1. The van der Waals surface area contributed by atoms with E-state index in [1.54, 1.807) is 30.3 Å². The molecule has 2 aromatic rings. The van der Waals surface area contributed by atoms with Crippen LogP contribution in [-0.4, -0.2) is 63.3 Å². The maximum absolute atomic E-state index is 13.1. The summed E-state index contributed by atoms with van der Waals surface area (Å²) in [5.74, 6) is -0.455. The number of aliphatic hydroxyl groups is 1. The summed E-state index contributed by atoms with van der Waals surface area (Å²) in [5.41, 5.74) is 1.76. The first-order valence-corrected chi connectivity index (χ1v) is 10.0. The molecule has 1 amide bonds. The zero-order valence-corrected chi connectivity index (χ0v) is 18.8. The molecule has 0 bridgehead atoms. The Morgan fingerprint density at radius 3 is 2.22 bits per heavy atom. The van der Waals surface area contributed by atoms with E-state index >= 15 is 0 Å². The summed E-state index contributed by atoms with van der Waals surface area (Å²) in [6.45, 7) is 2.26. The third-order valence-electron chi connectivity index (χ3n) is 5.41. The molecule has 1 saturated heterocycles. The summed E-state index contributed by atoms with van der Waals surface area (Å²) in [5, 5.41) is 11.3. The Labute approximate surface area is 187 Å². The number of likely N-dealkylation sites (tertiary alicyclic amines) is 1. The van der Waals surface area contributed by atoms with Crippen molar-refractivity contribution in [3.05, 3.63) is 58.7 Å². The van der Waals surface area contributed by atoms with Crippen molar-refractivity contribution in [3.8, 4) is 17.2 Å². The molecular weight excluding hydrogens is 414 g/mol. The summed E-state index contributed by atoms with van der Waals surface area (Å²) in [6, 6.07) is 9.53. The van der Waals surface area contributed by atoms with Gasteiger partial charge in [-0.2, -0.15) is 0 Å². The lowest BCUT2D eigenvalue weighted by Gasteiger charge is -2.25. The molecule has 2 aromatic carbocycles. The van der Waals surface area contributed by atoms with Crippen molar-refractivity contribution in [2.45, 2.75) is 13.0 Å². The zero-order valence-electron chi connectivity index (χ0n) is 18.8. The van der Waals surface area contributed by atoms with Crippen LogP contribution in [0.25, 0.3) is 5.76 Å². The highest BCUT2D eigenvalue weighted by Gasteiger charge is 2.46. The van der Waals surface area contributed by atoms with Crippen molar-refractivity contribution in [2.75, 3.05) is 41.6 Å². The van der Waals surface area contributed by atoms with E-state index in [2.05, 4.69) is 0 Å². The molecule has 8 heteroatoms. The topological polar surface area (TPSA) is 94.5 Å². The molecule has 1 atom stereocenters. The van der Waals surface area contributed by atoms with Gasteiger partial charge in [0.25, 0.3) is 11.7 Å². The maximum Gasteiger partial charge on any atom is 0.295 e. The number of aryl methyl sites for hydroxylation is 1. The number of nitrogens with zero attached hydrogens (tertiary/aromatic N) is 1. The average molecular weight is 441 g/mol. The van der Waals surface area contributed by atoms with Crippen LogP contribution in [0, 0.1) is 6.92 Å². The normalized spacial score (nSPS) is 17.5. The first-order valence-electron chi connectivity index (χ1n) is 10.0. The number of methoxy groups -OCH3 is 4. The molecule has 170 valence electrons. The summed E-state index contributed by atoms with van der Waals surface area (Å²) in [6.07, 6.45) is 0. The molecule has 8 nitrogen and oxygen atoms in total. The van der Waals surface area contributed by atoms with Gasteiger partial charge in [-0.3, -0.25) is 9.59 Å². The van der Waals surface area contributed by atoms with Crippen molar-refractivity contribution in [1.29, 1.82) is 0 Å². The molecule has 3 rings (SSSR count). The van der Waals surface area contributed by atoms with Crippen LogP contribution in [0.3, 0.4) is 0 Å². The van der Waals surface area contributed by atoms with E-state index in [0.717, 1.165) is 5.56 Å². The quantitative estimate of drug-likeness (QED) is 0.382. The van der Waals surface area contributed by atoms with Crippen LogP contribution >= 0.6 is 0 Å². The average Bonchev–Trinajstić information content (AvgIpc) is 3.06. The lowest BCUT2D eigenvalue weighted by molar-refractivity contribution is -0.140. The highest BCUT2D eigenvalue weighted by Crippen LogP contribution is 2.43. The second kappa shape index (κ2) is 9.74. The highest BCUT2D eigenvalue weighted by molar-refractivity contribution is 6.46. The number of amides is 1. The second-order valence-corrected chi connectivity index (χ2v) is 7.30. The van der Waals surface area contributed by atoms with Crippen LogP contribution in [-0.2, 0) is 14.3 Å². The van der Waals surface area contributed by atoms with E-state index in [4.69, 9.17) is 18.9 Å². The van der Waals surface area contributed by atoms with Gasteiger partial charge in [0.15, 0.2) is 11.5 Å². The van der Waals surface area contributed by atoms with E-state index in [9.17, 15) is 14.7 Å². The van der Waals surface area contributed by atoms with Crippen LogP contribution in [0.2, 0.25) is 0 Å². The van der Waals surface area contributed by atoms with E-state index in [0.29, 0.717) is 28.4 Å². The Balaban J connectivity index is 2.25. The van der Waals surface area contributed by atoms with Crippen molar-refractivity contribution in [3.63, 3.8) is 0 Å². The Kier molecular flexibility index (Phi) is 7.05. The molecule has 1 aliphatic rings. The molecule has 1 heterocycles. The number of hydrogen-bond acceptors (Lipinski definition) is 7. The Morgan fingerprint density at radius 1 is 0.938 bits per heavy atom. The number of aliphatic hydroxyl groups excluding tert-OH is 1.